The molecule has 1 aromatic heterocycles. The first-order valence-corrected chi connectivity index (χ1v) is 9.07. The molecule has 2 aliphatic rings. The van der Waals surface area contributed by atoms with Crippen LogP contribution in [-0.4, -0.2) is 60.5 Å². The number of nitrogens with zero attached hydrogens (tertiary/aromatic N) is 4. The van der Waals surface area contributed by atoms with Crippen LogP contribution in [0.5, 0.6) is 0 Å². The number of hydrazine groups is 1. The van der Waals surface area contributed by atoms with Gasteiger partial charge < -0.3 is 9.80 Å². The minimum Gasteiger partial charge on any atom is -0.348 e. The first-order valence-electron chi connectivity index (χ1n) is 9.07. The predicted molar refractivity (Wildman–Crippen MR) is 98.2 cm³/mol. The molecular weight excluding hydrogens is 316 g/mol. The molecule has 3 unspecified atom stereocenters. The molecule has 0 aromatic carbocycles. The lowest BCUT2D eigenvalue weighted by Crippen LogP contribution is -2.56. The Labute approximate surface area is 150 Å². The summed E-state index contributed by atoms with van der Waals surface area (Å²) in [6.07, 6.45) is 2.17. The fraction of sp³-hybridized carbons (Fsp3) is 0.722. The summed E-state index contributed by atoms with van der Waals surface area (Å²) in [5.41, 5.74) is 8.57. The molecular formula is C18H30N6O. The molecule has 138 valence electrons. The lowest BCUT2D eigenvalue weighted by atomic mass is 9.71. The fourth-order valence-corrected chi connectivity index (χ4v) is 4.26. The highest BCUT2D eigenvalue weighted by Crippen LogP contribution is 2.38. The zero-order valence-electron chi connectivity index (χ0n) is 16.0. The number of hydrogen-bond acceptors (Lipinski definition) is 6. The third kappa shape index (κ3) is 3.62. The summed E-state index contributed by atoms with van der Waals surface area (Å²) in [5, 5.41) is 0. The highest BCUT2D eigenvalue weighted by molar-refractivity contribution is 5.79. The Hall–Kier alpha value is -1.73. The Bertz CT molecular complexity index is 628. The van der Waals surface area contributed by atoms with E-state index in [1.165, 1.54) is 0 Å². The van der Waals surface area contributed by atoms with Gasteiger partial charge in [0.1, 0.15) is 0 Å². The van der Waals surface area contributed by atoms with Gasteiger partial charge in [0.15, 0.2) is 0 Å². The summed E-state index contributed by atoms with van der Waals surface area (Å²) in [6.45, 7) is 8.79. The van der Waals surface area contributed by atoms with Crippen LogP contribution in [0.25, 0.3) is 0 Å². The van der Waals surface area contributed by atoms with E-state index in [1.54, 1.807) is 4.90 Å². The van der Waals surface area contributed by atoms with E-state index in [0.29, 0.717) is 6.54 Å². The molecule has 0 saturated carbocycles. The first kappa shape index (κ1) is 18.1. The van der Waals surface area contributed by atoms with Crippen LogP contribution in [0.15, 0.2) is 6.07 Å². The lowest BCUT2D eigenvalue weighted by Gasteiger charge is -2.45. The van der Waals surface area contributed by atoms with Crippen LogP contribution >= 0.6 is 0 Å². The van der Waals surface area contributed by atoms with Gasteiger partial charge in [0.05, 0.1) is 5.92 Å². The summed E-state index contributed by atoms with van der Waals surface area (Å²) in [4.78, 5) is 25.8. The Morgan fingerprint density at radius 3 is 2.64 bits per heavy atom. The Balaban J connectivity index is 1.82. The summed E-state index contributed by atoms with van der Waals surface area (Å²) in [5.74, 6) is 0.952. The van der Waals surface area contributed by atoms with Gasteiger partial charge >= 0.3 is 0 Å². The minimum absolute atomic E-state index is 0.0148. The van der Waals surface area contributed by atoms with E-state index >= 15 is 0 Å². The highest BCUT2D eigenvalue weighted by atomic mass is 16.2. The first-order chi connectivity index (χ1) is 11.8. The van der Waals surface area contributed by atoms with Gasteiger partial charge in [0, 0.05) is 56.6 Å². The monoisotopic (exact) mass is 346 g/mol. The molecule has 25 heavy (non-hydrogen) atoms. The largest absolute Gasteiger partial charge is 0.348 e. The molecule has 1 aromatic rings. The van der Waals surface area contributed by atoms with Crippen molar-refractivity contribution in [2.75, 3.05) is 38.6 Å². The van der Waals surface area contributed by atoms with E-state index in [4.69, 9.17) is 0 Å². The molecule has 2 N–H and O–H groups in total. The van der Waals surface area contributed by atoms with Crippen molar-refractivity contribution in [3.8, 4) is 0 Å². The second-order valence-corrected chi connectivity index (χ2v) is 7.97. The predicted octanol–water partition coefficient (Wildman–Crippen LogP) is 0.881. The maximum absolute atomic E-state index is 12.6. The second-order valence-electron chi connectivity index (χ2n) is 7.97. The van der Waals surface area contributed by atoms with Crippen molar-refractivity contribution in [1.29, 1.82) is 0 Å². The average molecular weight is 346 g/mol. The van der Waals surface area contributed by atoms with E-state index in [2.05, 4.69) is 32.6 Å². The molecule has 0 aliphatic carbocycles. The van der Waals surface area contributed by atoms with Gasteiger partial charge in [-0.2, -0.15) is 0 Å². The molecule has 0 spiro atoms. The van der Waals surface area contributed by atoms with Gasteiger partial charge in [-0.25, -0.2) is 9.97 Å². The Morgan fingerprint density at radius 2 is 2.00 bits per heavy atom. The molecule has 7 nitrogen and oxygen atoms in total. The third-order valence-corrected chi connectivity index (χ3v) is 5.47. The standard InChI is InChI=1S/C18H30N6O/c1-12-9-13(2)21-17(20-12)24-8-6-7-18(3,11-24)15-14(10-19-22-15)16(25)23(4)5/h9,14-15,19,22H,6-8,10-11H2,1-5H3. The van der Waals surface area contributed by atoms with Gasteiger partial charge in [0.2, 0.25) is 11.9 Å². The molecule has 0 bridgehead atoms. The Kier molecular flexibility index (Phi) is 4.97. The number of piperidine rings is 1. The number of carbonyl (C=O) groups is 1. The van der Waals surface area contributed by atoms with Crippen molar-refractivity contribution < 1.29 is 4.79 Å². The number of aryl methyl sites for hydroxylation is 2. The van der Waals surface area contributed by atoms with Crippen LogP contribution in [0.3, 0.4) is 0 Å². The van der Waals surface area contributed by atoms with Crippen molar-refractivity contribution >= 4 is 11.9 Å². The number of anilines is 1. The zero-order valence-corrected chi connectivity index (χ0v) is 16.0. The zero-order chi connectivity index (χ0) is 18.2. The van der Waals surface area contributed by atoms with Crippen molar-refractivity contribution in [1.82, 2.24) is 25.7 Å². The van der Waals surface area contributed by atoms with Gasteiger partial charge in [0.25, 0.3) is 0 Å². The van der Waals surface area contributed by atoms with Crippen LogP contribution < -0.4 is 15.8 Å². The van der Waals surface area contributed by atoms with Crippen LogP contribution in [0.1, 0.15) is 31.2 Å². The molecule has 3 rings (SSSR count). The lowest BCUT2D eigenvalue weighted by molar-refractivity contribution is -0.133. The van der Waals surface area contributed by atoms with E-state index in [1.807, 2.05) is 34.0 Å². The van der Waals surface area contributed by atoms with Crippen molar-refractivity contribution in [3.05, 3.63) is 17.5 Å². The average Bonchev–Trinajstić information content (AvgIpc) is 3.03. The minimum atomic E-state index is -0.0416. The van der Waals surface area contributed by atoms with Gasteiger partial charge in [-0.05, 0) is 32.8 Å². The van der Waals surface area contributed by atoms with Crippen molar-refractivity contribution in [3.63, 3.8) is 0 Å². The maximum atomic E-state index is 12.6. The normalized spacial score (nSPS) is 29.7. The number of carbonyl (C=O) groups excluding carboxylic acids is 1. The smallest absolute Gasteiger partial charge is 0.228 e. The van der Waals surface area contributed by atoms with E-state index in [-0.39, 0.29) is 23.3 Å². The van der Waals surface area contributed by atoms with Crippen LogP contribution in [0.4, 0.5) is 5.95 Å². The highest BCUT2D eigenvalue weighted by Gasteiger charge is 2.47. The summed E-state index contributed by atoms with van der Waals surface area (Å²) in [7, 11) is 3.66. The van der Waals surface area contributed by atoms with E-state index in [0.717, 1.165) is 43.3 Å². The van der Waals surface area contributed by atoms with Crippen LogP contribution in [0, 0.1) is 25.2 Å². The SMILES string of the molecule is Cc1cc(C)nc(N2CCCC(C)(C3NNCC3C(=O)N(C)C)C2)n1. The number of hydrogen-bond donors (Lipinski definition) is 2. The third-order valence-electron chi connectivity index (χ3n) is 5.47. The fourth-order valence-electron chi connectivity index (χ4n) is 4.26. The second kappa shape index (κ2) is 6.88. The molecule has 2 saturated heterocycles. The van der Waals surface area contributed by atoms with Crippen LogP contribution in [0.2, 0.25) is 0 Å². The van der Waals surface area contributed by atoms with Gasteiger partial charge in [-0.3, -0.25) is 15.6 Å². The van der Waals surface area contributed by atoms with Gasteiger partial charge in [-0.15, -0.1) is 0 Å². The quantitative estimate of drug-likeness (QED) is 0.846. The molecule has 2 aliphatic heterocycles. The summed E-state index contributed by atoms with van der Waals surface area (Å²) in [6, 6.07) is 2.11. The number of nitrogens with one attached hydrogen (secondary N) is 2. The summed E-state index contributed by atoms with van der Waals surface area (Å²) >= 11 is 0. The molecule has 7 heteroatoms. The topological polar surface area (TPSA) is 73.4 Å². The van der Waals surface area contributed by atoms with Gasteiger partial charge in [-0.1, -0.05) is 6.92 Å². The number of amides is 1. The summed E-state index contributed by atoms with van der Waals surface area (Å²) < 4.78 is 0. The maximum Gasteiger partial charge on any atom is 0.228 e. The van der Waals surface area contributed by atoms with Crippen molar-refractivity contribution in [2.45, 2.75) is 39.7 Å². The van der Waals surface area contributed by atoms with E-state index in [9.17, 15) is 4.79 Å². The molecule has 2 fully saturated rings. The molecule has 3 atom stereocenters. The molecule has 1 amide bonds. The number of rotatable bonds is 3. The van der Waals surface area contributed by atoms with Crippen LogP contribution in [-0.2, 0) is 4.79 Å². The van der Waals surface area contributed by atoms with Crippen molar-refractivity contribution in [2.24, 2.45) is 11.3 Å². The Morgan fingerprint density at radius 1 is 1.32 bits per heavy atom. The number of aromatic nitrogens is 2. The molecule has 3 heterocycles. The van der Waals surface area contributed by atoms with E-state index < -0.39 is 0 Å². The molecule has 0 radical (unpaired) electrons.